The fourth-order valence-corrected chi connectivity index (χ4v) is 4.38. The quantitative estimate of drug-likeness (QED) is 0.383. The van der Waals surface area contributed by atoms with Crippen molar-refractivity contribution >= 4 is 11.6 Å². The molecule has 37 heavy (non-hydrogen) atoms. The van der Waals surface area contributed by atoms with Crippen LogP contribution in [0.3, 0.4) is 0 Å². The largest absolute Gasteiger partial charge is 0.416 e. The maximum atomic E-state index is 13.4. The summed E-state index contributed by atoms with van der Waals surface area (Å²) in [6.45, 7) is 5.88. The molecule has 4 rings (SSSR count). The Hall–Kier alpha value is -3.34. The second-order valence-corrected chi connectivity index (χ2v) is 10.1. The Morgan fingerprint density at radius 1 is 0.946 bits per heavy atom. The molecule has 5 nitrogen and oxygen atoms in total. The number of halogens is 6. The predicted octanol–water partition coefficient (Wildman–Crippen LogP) is 6.50. The lowest BCUT2D eigenvalue weighted by atomic mass is 9.90. The zero-order chi connectivity index (χ0) is 27.2. The van der Waals surface area contributed by atoms with Crippen LogP contribution in [-0.4, -0.2) is 21.7 Å². The molecule has 2 aromatic carbocycles. The molecular formula is C26H26F6N4O. The summed E-state index contributed by atoms with van der Waals surface area (Å²) in [6.07, 6.45) is -7.02. The monoisotopic (exact) mass is 524 g/mol. The van der Waals surface area contributed by atoms with E-state index in [2.05, 4.69) is 15.7 Å². The summed E-state index contributed by atoms with van der Waals surface area (Å²) >= 11 is 0. The van der Waals surface area contributed by atoms with Crippen LogP contribution in [0.15, 0.2) is 60.8 Å². The summed E-state index contributed by atoms with van der Waals surface area (Å²) in [7, 11) is 0. The fourth-order valence-electron chi connectivity index (χ4n) is 4.38. The number of nitrogens with zero attached hydrogens (tertiary/aromatic N) is 2. The number of amides is 1. The van der Waals surface area contributed by atoms with Crippen molar-refractivity contribution in [1.29, 1.82) is 0 Å². The normalized spacial score (nSPS) is 20.7. The van der Waals surface area contributed by atoms with Crippen molar-refractivity contribution < 1.29 is 31.1 Å². The van der Waals surface area contributed by atoms with Gasteiger partial charge in [0.25, 0.3) is 0 Å². The van der Waals surface area contributed by atoms with E-state index in [0.29, 0.717) is 11.3 Å². The Labute approximate surface area is 209 Å². The van der Waals surface area contributed by atoms with Gasteiger partial charge in [-0.2, -0.15) is 31.4 Å². The number of benzene rings is 2. The van der Waals surface area contributed by atoms with Gasteiger partial charge in [-0.25, -0.2) is 0 Å². The number of rotatable bonds is 4. The van der Waals surface area contributed by atoms with Crippen molar-refractivity contribution in [3.05, 3.63) is 83.2 Å². The molecule has 0 spiro atoms. The van der Waals surface area contributed by atoms with Gasteiger partial charge in [-0.1, -0.05) is 12.1 Å². The van der Waals surface area contributed by atoms with Crippen molar-refractivity contribution in [2.45, 2.75) is 63.1 Å². The Balaban J connectivity index is 1.61. The van der Waals surface area contributed by atoms with Gasteiger partial charge in [0.05, 0.1) is 28.4 Å². The minimum atomic E-state index is -4.53. The number of carbonyl (C=O) groups excluding carboxylic acids is 1. The highest BCUT2D eigenvalue weighted by atomic mass is 19.4. The second-order valence-electron chi connectivity index (χ2n) is 10.1. The smallest absolute Gasteiger partial charge is 0.325 e. The Bertz CT molecular complexity index is 1260. The average Bonchev–Trinajstić information content (AvgIpc) is 3.46. The summed E-state index contributed by atoms with van der Waals surface area (Å²) in [5.41, 5.74) is -0.817. The maximum Gasteiger partial charge on any atom is 0.416 e. The molecule has 1 aromatic heterocycles. The molecule has 1 aliphatic rings. The summed E-state index contributed by atoms with van der Waals surface area (Å²) in [5, 5.41) is 10.4. The molecule has 3 aromatic rings. The Kier molecular flexibility index (Phi) is 6.87. The van der Waals surface area contributed by atoms with Crippen LogP contribution in [0, 0.1) is 0 Å². The molecule has 0 bridgehead atoms. The van der Waals surface area contributed by atoms with Crippen LogP contribution >= 0.6 is 0 Å². The SMILES string of the molecule is CC(C)(C)n1ccc([C@H]2C[C@@H](C(=O)Nc3ccc(C(F)(F)F)cc3)N[C@H]2c2cccc(C(F)(F)F)c2)n1. The number of nitrogens with one attached hydrogen (secondary N) is 2. The van der Waals surface area contributed by atoms with Crippen molar-refractivity contribution in [1.82, 2.24) is 15.1 Å². The van der Waals surface area contributed by atoms with E-state index < -0.39 is 47.4 Å². The molecular weight excluding hydrogens is 498 g/mol. The first-order valence-electron chi connectivity index (χ1n) is 11.6. The van der Waals surface area contributed by atoms with Crippen molar-refractivity contribution in [3.8, 4) is 0 Å². The molecule has 3 atom stereocenters. The van der Waals surface area contributed by atoms with Gasteiger partial charge in [0.15, 0.2) is 0 Å². The molecule has 1 aliphatic heterocycles. The summed E-state index contributed by atoms with van der Waals surface area (Å²) < 4.78 is 80.4. The van der Waals surface area contributed by atoms with Crippen molar-refractivity contribution in [2.24, 2.45) is 0 Å². The molecule has 1 amide bonds. The van der Waals surface area contributed by atoms with E-state index >= 15 is 0 Å². The predicted molar refractivity (Wildman–Crippen MR) is 126 cm³/mol. The highest BCUT2D eigenvalue weighted by Crippen LogP contribution is 2.42. The van der Waals surface area contributed by atoms with Crippen LogP contribution in [0.2, 0.25) is 0 Å². The van der Waals surface area contributed by atoms with E-state index in [1.54, 1.807) is 23.0 Å². The van der Waals surface area contributed by atoms with Crippen LogP contribution in [-0.2, 0) is 22.7 Å². The minimum Gasteiger partial charge on any atom is -0.325 e. The summed E-state index contributed by atoms with van der Waals surface area (Å²) in [6, 6.07) is 9.30. The zero-order valence-electron chi connectivity index (χ0n) is 20.3. The molecule has 11 heteroatoms. The van der Waals surface area contributed by atoms with Crippen LogP contribution in [0.25, 0.3) is 0 Å². The molecule has 0 saturated carbocycles. The molecule has 0 unspecified atom stereocenters. The minimum absolute atomic E-state index is 0.177. The second kappa shape index (κ2) is 9.51. The zero-order valence-corrected chi connectivity index (χ0v) is 20.3. The van der Waals surface area contributed by atoms with Gasteiger partial charge in [0.1, 0.15) is 0 Å². The topological polar surface area (TPSA) is 59.0 Å². The number of aromatic nitrogens is 2. The number of hydrogen-bond acceptors (Lipinski definition) is 3. The maximum absolute atomic E-state index is 13.4. The lowest BCUT2D eigenvalue weighted by molar-refractivity contribution is -0.138. The molecule has 1 saturated heterocycles. The number of anilines is 1. The lowest BCUT2D eigenvalue weighted by Crippen LogP contribution is -2.36. The van der Waals surface area contributed by atoms with Crippen molar-refractivity contribution in [3.63, 3.8) is 0 Å². The third kappa shape index (κ3) is 5.98. The van der Waals surface area contributed by atoms with Crippen LogP contribution in [0.5, 0.6) is 0 Å². The first-order chi connectivity index (χ1) is 17.1. The third-order valence-electron chi connectivity index (χ3n) is 6.32. The molecule has 2 N–H and O–H groups in total. The highest BCUT2D eigenvalue weighted by molar-refractivity contribution is 5.95. The molecule has 198 valence electrons. The van der Waals surface area contributed by atoms with Gasteiger partial charge in [0, 0.05) is 23.8 Å². The molecule has 0 radical (unpaired) electrons. The summed E-state index contributed by atoms with van der Waals surface area (Å²) in [4.78, 5) is 13.0. The van der Waals surface area contributed by atoms with Crippen LogP contribution < -0.4 is 10.6 Å². The first kappa shape index (κ1) is 26.7. The van der Waals surface area contributed by atoms with Gasteiger partial charge in [-0.3, -0.25) is 14.8 Å². The van der Waals surface area contributed by atoms with Gasteiger partial charge >= 0.3 is 12.4 Å². The Morgan fingerprint density at radius 3 is 2.16 bits per heavy atom. The van der Waals surface area contributed by atoms with E-state index in [-0.39, 0.29) is 17.6 Å². The first-order valence-corrected chi connectivity index (χ1v) is 11.6. The van der Waals surface area contributed by atoms with Crippen molar-refractivity contribution in [2.75, 3.05) is 5.32 Å². The number of hydrogen-bond donors (Lipinski definition) is 2. The molecule has 0 aliphatic carbocycles. The molecule has 1 fully saturated rings. The van der Waals surface area contributed by atoms with E-state index in [1.165, 1.54) is 6.07 Å². The van der Waals surface area contributed by atoms with Crippen LogP contribution in [0.1, 0.15) is 61.5 Å². The third-order valence-corrected chi connectivity index (χ3v) is 6.32. The van der Waals surface area contributed by atoms with Gasteiger partial charge in [-0.05, 0) is 75.2 Å². The van der Waals surface area contributed by atoms with Gasteiger partial charge in [-0.15, -0.1) is 0 Å². The van der Waals surface area contributed by atoms with E-state index in [0.717, 1.165) is 36.4 Å². The van der Waals surface area contributed by atoms with Gasteiger partial charge < -0.3 is 5.32 Å². The lowest BCUT2D eigenvalue weighted by Gasteiger charge is -2.21. The number of carbonyl (C=O) groups is 1. The summed E-state index contributed by atoms with van der Waals surface area (Å²) in [5.74, 6) is -0.926. The average molecular weight is 525 g/mol. The van der Waals surface area contributed by atoms with E-state index in [9.17, 15) is 31.1 Å². The van der Waals surface area contributed by atoms with E-state index in [4.69, 9.17) is 0 Å². The number of alkyl halides is 6. The standard InChI is InChI=1S/C26H26F6N4O/c1-24(2,3)36-12-11-20(35-36)19-14-21(23(37)33-18-9-7-16(8-10-18)25(27,28)29)34-22(19)15-5-4-6-17(13-15)26(30,31)32/h4-13,19,21-22,34H,14H2,1-3H3,(H,33,37)/t19-,21+,22+/m1/s1. The fraction of sp³-hybridized carbons (Fsp3) is 0.385. The highest BCUT2D eigenvalue weighted by Gasteiger charge is 2.41. The van der Waals surface area contributed by atoms with Crippen LogP contribution in [0.4, 0.5) is 32.0 Å². The molecule has 2 heterocycles. The Morgan fingerprint density at radius 2 is 1.59 bits per heavy atom. The van der Waals surface area contributed by atoms with Gasteiger partial charge in [0.2, 0.25) is 5.91 Å². The van der Waals surface area contributed by atoms with E-state index in [1.807, 2.05) is 20.8 Å².